The molecular formula is C95H160O16P2. The van der Waals surface area contributed by atoms with Crippen LogP contribution in [0, 0.1) is 0 Å². The highest BCUT2D eigenvalue weighted by Gasteiger charge is 2.29. The van der Waals surface area contributed by atoms with E-state index in [0.29, 0.717) is 19.3 Å². The zero-order valence-electron chi connectivity index (χ0n) is 71.0. The van der Waals surface area contributed by atoms with Crippen molar-refractivity contribution < 1.29 is 75.8 Å². The highest BCUT2D eigenvalue weighted by atomic mass is 31.2. The minimum Gasteiger partial charge on any atom is -0.463 e. The molecule has 4 N–H and O–H groups in total. The number of carbonyl (C=O) groups excluding carboxylic acids is 3. The minimum atomic E-state index is -4.94. The van der Waals surface area contributed by atoms with E-state index in [1.54, 1.807) is 0 Å². The van der Waals surface area contributed by atoms with Crippen molar-refractivity contribution in [3.8, 4) is 0 Å². The average Bonchev–Trinajstić information content (AvgIpc) is 0.903. The molecule has 0 bridgehead atoms. The van der Waals surface area contributed by atoms with Crippen LogP contribution in [0.5, 0.6) is 0 Å². The van der Waals surface area contributed by atoms with Crippen LogP contribution in [0.25, 0.3) is 0 Å². The summed E-state index contributed by atoms with van der Waals surface area (Å²) >= 11 is 0. The van der Waals surface area contributed by atoms with Crippen molar-refractivity contribution >= 4 is 33.6 Å². The van der Waals surface area contributed by atoms with Crippen LogP contribution < -0.4 is 0 Å². The van der Waals surface area contributed by atoms with E-state index in [2.05, 4.69) is 191 Å². The third kappa shape index (κ3) is 87.6. The number of unbranched alkanes of at least 4 members (excludes halogenated alkanes) is 32. The topological polar surface area (TPSA) is 231 Å². The summed E-state index contributed by atoms with van der Waals surface area (Å²) in [7, 11) is -9.81. The standard InChI is InChI=1S/C95H160O16P2/c1-4-7-10-13-16-19-22-25-28-30-32-34-36-38-40-42-44-46-48-50-52-54-56-58-61-63-66-69-72-75-78-81-93(98)105-84-90(96)85-107-112(101,102)108-86-91(97)87-109-113(103,104)110-89-92(111-95(100)83-80-77-74-71-68-65-60-27-24-21-18-15-12-9-6-3)88-106-94(99)82-79-76-73-70-67-64-62-59-57-55-53-51-49-47-45-43-41-39-37-35-33-31-29-26-23-20-17-14-11-8-5-2/h7-8,10-11,16-21,25-29,32-35,38-41,44-47,60,90-92,96-97H,4-6,9,12-15,22-24,30-31,36-37,42-43,48-59,61-89H2,1-3H3,(H,101,102)(H,103,104)/b10-7-,11-8-,19-16-,20-17-,21-18-,28-25-,29-26-,34-32-,35-33-,40-38-,41-39-,46-44-,47-45-,60-27-. The third-order valence-corrected chi connectivity index (χ3v) is 20.3. The summed E-state index contributed by atoms with van der Waals surface area (Å²) in [5, 5.41) is 20.7. The zero-order chi connectivity index (χ0) is 82.2. The van der Waals surface area contributed by atoms with E-state index in [4.69, 9.17) is 32.3 Å². The molecule has 0 aromatic rings. The van der Waals surface area contributed by atoms with Crippen molar-refractivity contribution in [1.82, 2.24) is 0 Å². The molecule has 113 heavy (non-hydrogen) atoms. The lowest BCUT2D eigenvalue weighted by molar-refractivity contribution is -0.161. The third-order valence-electron chi connectivity index (χ3n) is 18.4. The largest absolute Gasteiger partial charge is 0.472 e. The molecule has 0 saturated carbocycles. The number of esters is 3. The lowest BCUT2D eigenvalue weighted by Gasteiger charge is -2.21. The molecule has 0 aromatic carbocycles. The predicted molar refractivity (Wildman–Crippen MR) is 472 cm³/mol. The molecule has 0 spiro atoms. The second-order valence-corrected chi connectivity index (χ2v) is 32.2. The molecule has 0 fully saturated rings. The van der Waals surface area contributed by atoms with Gasteiger partial charge in [0.25, 0.3) is 0 Å². The SMILES string of the molecule is CC/C=C\C/C=C\C/C=C\C/C=C\C/C=C\C/C=C\CCCCCCCCCCCCCCC(=O)OCC(O)COP(=O)(O)OCC(O)COP(=O)(O)OCC(COC(=O)CCCCCCCCCCCCCC/C=C\C/C=C\C/C=C\C/C=C\C/C=C\C/C=C\CC)OC(=O)CCCCCCC/C=C\C/C=C\CCCCC. The first kappa shape index (κ1) is 108. The average molecular weight is 1620 g/mol. The molecule has 18 heteroatoms. The lowest BCUT2D eigenvalue weighted by Crippen LogP contribution is -2.30. The van der Waals surface area contributed by atoms with Crippen LogP contribution in [-0.2, 0) is 55.8 Å². The molecule has 0 radical (unpaired) electrons. The number of hydrogen-bond donors (Lipinski definition) is 4. The van der Waals surface area contributed by atoms with Gasteiger partial charge in [0.15, 0.2) is 6.10 Å². The first-order valence-corrected chi connectivity index (χ1v) is 47.4. The molecule has 0 aliphatic carbocycles. The molecule has 0 rings (SSSR count). The van der Waals surface area contributed by atoms with Crippen LogP contribution >= 0.6 is 15.6 Å². The maximum Gasteiger partial charge on any atom is 0.472 e. The van der Waals surface area contributed by atoms with Crippen molar-refractivity contribution in [2.75, 3.05) is 39.6 Å². The summed E-state index contributed by atoms with van der Waals surface area (Å²) in [5.41, 5.74) is 0. The maximum absolute atomic E-state index is 13.0. The minimum absolute atomic E-state index is 0.0851. The first-order valence-electron chi connectivity index (χ1n) is 44.4. The van der Waals surface area contributed by atoms with E-state index < -0.39 is 91.5 Å². The quantitative estimate of drug-likeness (QED) is 0.0146. The summed E-state index contributed by atoms with van der Waals surface area (Å²) < 4.78 is 61.3. The van der Waals surface area contributed by atoms with Crippen LogP contribution in [-0.4, -0.2) is 95.9 Å². The molecule has 0 heterocycles. The van der Waals surface area contributed by atoms with Crippen molar-refractivity contribution in [3.05, 3.63) is 170 Å². The number of aliphatic hydroxyl groups excluding tert-OH is 2. The molecule has 16 nitrogen and oxygen atoms in total. The second kappa shape index (κ2) is 86.3. The first-order chi connectivity index (χ1) is 55.2. The highest BCUT2D eigenvalue weighted by Crippen LogP contribution is 2.45. The van der Waals surface area contributed by atoms with Gasteiger partial charge in [-0.15, -0.1) is 0 Å². The summed E-state index contributed by atoms with van der Waals surface area (Å²) in [6.45, 7) is 2.43. The molecule has 0 aromatic heterocycles. The Morgan fingerprint density at radius 3 is 0.743 bits per heavy atom. The van der Waals surface area contributed by atoms with E-state index in [-0.39, 0.29) is 19.3 Å². The van der Waals surface area contributed by atoms with Gasteiger partial charge in [-0.2, -0.15) is 0 Å². The normalized spacial score (nSPS) is 14.6. The summed E-state index contributed by atoms with van der Waals surface area (Å²) in [6, 6.07) is 0. The molecular weight excluding hydrogens is 1460 g/mol. The van der Waals surface area contributed by atoms with Crippen LogP contribution in [0.1, 0.15) is 355 Å². The van der Waals surface area contributed by atoms with E-state index >= 15 is 0 Å². The number of phosphoric ester groups is 2. The molecule has 5 unspecified atom stereocenters. The Kier molecular flexibility index (Phi) is 82.4. The second-order valence-electron chi connectivity index (χ2n) is 29.3. The number of hydrogen-bond acceptors (Lipinski definition) is 14. The van der Waals surface area contributed by atoms with Crippen LogP contribution in [0.15, 0.2) is 170 Å². The van der Waals surface area contributed by atoms with Gasteiger partial charge in [-0.05, 0) is 154 Å². The molecule has 0 amide bonds. The van der Waals surface area contributed by atoms with Crippen LogP contribution in [0.3, 0.4) is 0 Å². The Morgan fingerprint density at radius 1 is 0.257 bits per heavy atom. The summed E-state index contributed by atoms with van der Waals surface area (Å²) in [6.07, 6.45) is 111. The molecule has 646 valence electrons. The maximum atomic E-state index is 13.0. The van der Waals surface area contributed by atoms with Gasteiger partial charge in [0.05, 0.1) is 26.4 Å². The highest BCUT2D eigenvalue weighted by molar-refractivity contribution is 7.47. The molecule has 0 aliphatic rings. The van der Waals surface area contributed by atoms with Gasteiger partial charge in [0, 0.05) is 19.3 Å². The fourth-order valence-corrected chi connectivity index (χ4v) is 13.3. The van der Waals surface area contributed by atoms with Crippen molar-refractivity contribution in [1.29, 1.82) is 0 Å². The zero-order valence-corrected chi connectivity index (χ0v) is 72.8. The fraction of sp³-hybridized carbons (Fsp3) is 0.674. The summed E-state index contributed by atoms with van der Waals surface area (Å²) in [4.78, 5) is 58.9. The number of allylic oxidation sites excluding steroid dienone is 28. The van der Waals surface area contributed by atoms with E-state index in [1.807, 2.05) is 0 Å². The molecule has 0 saturated heterocycles. The Balaban J connectivity index is 4.51. The van der Waals surface area contributed by atoms with E-state index in [1.165, 1.54) is 116 Å². The number of phosphoric acid groups is 2. The Morgan fingerprint density at radius 2 is 0.469 bits per heavy atom. The molecule has 5 atom stereocenters. The number of aliphatic hydroxyl groups is 2. The molecule has 0 aliphatic heterocycles. The van der Waals surface area contributed by atoms with E-state index in [0.717, 1.165) is 180 Å². The van der Waals surface area contributed by atoms with Crippen LogP contribution in [0.2, 0.25) is 0 Å². The van der Waals surface area contributed by atoms with Gasteiger partial charge in [0.2, 0.25) is 0 Å². The van der Waals surface area contributed by atoms with Crippen molar-refractivity contribution in [2.24, 2.45) is 0 Å². The fourth-order valence-electron chi connectivity index (χ4n) is 11.7. The van der Waals surface area contributed by atoms with Gasteiger partial charge in [-0.3, -0.25) is 32.5 Å². The Hall–Kier alpha value is -5.09. The van der Waals surface area contributed by atoms with Gasteiger partial charge in [-0.1, -0.05) is 351 Å². The predicted octanol–water partition coefficient (Wildman–Crippen LogP) is 27.1. The number of rotatable bonds is 83. The van der Waals surface area contributed by atoms with Crippen molar-refractivity contribution in [3.63, 3.8) is 0 Å². The lowest BCUT2D eigenvalue weighted by atomic mass is 10.0. The van der Waals surface area contributed by atoms with Gasteiger partial charge < -0.3 is 34.2 Å². The Labute approximate surface area is 688 Å². The summed E-state index contributed by atoms with van der Waals surface area (Å²) in [5.74, 6) is -1.59. The monoisotopic (exact) mass is 1620 g/mol. The number of carbonyl (C=O) groups is 3. The van der Waals surface area contributed by atoms with Gasteiger partial charge >= 0.3 is 33.6 Å². The smallest absolute Gasteiger partial charge is 0.463 e. The Bertz CT molecular complexity index is 2730. The van der Waals surface area contributed by atoms with Gasteiger partial charge in [0.1, 0.15) is 25.4 Å². The van der Waals surface area contributed by atoms with E-state index in [9.17, 15) is 43.5 Å². The number of ether oxygens (including phenoxy) is 3. The van der Waals surface area contributed by atoms with Crippen molar-refractivity contribution in [2.45, 2.75) is 373 Å². The van der Waals surface area contributed by atoms with Crippen LogP contribution in [0.4, 0.5) is 0 Å². The van der Waals surface area contributed by atoms with Gasteiger partial charge in [-0.25, -0.2) is 9.13 Å².